The Labute approximate surface area is 103 Å². The van der Waals surface area contributed by atoms with Crippen molar-refractivity contribution in [2.24, 2.45) is 5.73 Å². The maximum Gasteiger partial charge on any atom is 0.216 e. The molecule has 0 aromatic carbocycles. The van der Waals surface area contributed by atoms with Crippen LogP contribution in [0.2, 0.25) is 0 Å². The lowest BCUT2D eigenvalue weighted by Gasteiger charge is -2.19. The smallest absolute Gasteiger partial charge is 0.216 e. The molecule has 0 heterocycles. The minimum Gasteiger partial charge on any atom is -0.393 e. The van der Waals surface area contributed by atoms with E-state index in [9.17, 15) is 8.42 Å². The van der Waals surface area contributed by atoms with Gasteiger partial charge in [-0.3, -0.25) is 0 Å². The van der Waals surface area contributed by atoms with Gasteiger partial charge < -0.3 is 10.5 Å². The van der Waals surface area contributed by atoms with E-state index in [1.807, 2.05) is 6.92 Å². The van der Waals surface area contributed by atoms with Gasteiger partial charge in [-0.25, -0.2) is 12.7 Å². The molecular formula is C9H20N2O3S2. The lowest BCUT2D eigenvalue weighted by Crippen LogP contribution is -2.36. The summed E-state index contributed by atoms with van der Waals surface area (Å²) >= 11 is 4.72. The number of nitrogens with two attached hydrogens (primary N) is 1. The van der Waals surface area contributed by atoms with Gasteiger partial charge in [-0.15, -0.1) is 0 Å². The van der Waals surface area contributed by atoms with Crippen LogP contribution in [0.25, 0.3) is 0 Å². The highest BCUT2D eigenvalue weighted by Crippen LogP contribution is 2.03. The summed E-state index contributed by atoms with van der Waals surface area (Å²) < 4.78 is 30.0. The van der Waals surface area contributed by atoms with E-state index in [0.29, 0.717) is 31.1 Å². The second-order valence-corrected chi connectivity index (χ2v) is 5.83. The molecule has 0 saturated carbocycles. The van der Waals surface area contributed by atoms with E-state index < -0.39 is 10.0 Å². The summed E-state index contributed by atoms with van der Waals surface area (Å²) in [6.07, 6.45) is 0.414. The molecule has 0 unspecified atom stereocenters. The molecule has 0 radical (unpaired) electrons. The molecule has 2 N–H and O–H groups in total. The van der Waals surface area contributed by atoms with E-state index >= 15 is 0 Å². The van der Waals surface area contributed by atoms with E-state index in [1.165, 1.54) is 4.31 Å². The number of rotatable bonds is 9. The molecule has 0 aliphatic carbocycles. The third kappa shape index (κ3) is 6.37. The molecule has 0 aliphatic heterocycles. The van der Waals surface area contributed by atoms with Gasteiger partial charge in [0.15, 0.2) is 0 Å². The van der Waals surface area contributed by atoms with Crippen LogP contribution in [0.1, 0.15) is 20.3 Å². The number of ether oxygens (including phenoxy) is 1. The summed E-state index contributed by atoms with van der Waals surface area (Å²) in [5.74, 6) is 0.00597. The van der Waals surface area contributed by atoms with Gasteiger partial charge in [0.05, 0.1) is 17.3 Å². The van der Waals surface area contributed by atoms with Crippen molar-refractivity contribution < 1.29 is 13.2 Å². The Balaban J connectivity index is 4.25. The summed E-state index contributed by atoms with van der Waals surface area (Å²) in [6.45, 7) is 5.14. The minimum atomic E-state index is -3.25. The number of sulfonamides is 1. The Kier molecular flexibility index (Phi) is 7.82. The number of nitrogens with zero attached hydrogens (tertiary/aromatic N) is 1. The molecule has 0 amide bonds. The third-order valence-corrected chi connectivity index (χ3v) is 4.16. The van der Waals surface area contributed by atoms with Crippen molar-refractivity contribution in [3.05, 3.63) is 0 Å². The topological polar surface area (TPSA) is 72.6 Å². The first-order valence-electron chi connectivity index (χ1n) is 5.27. The molecule has 96 valence electrons. The zero-order valence-electron chi connectivity index (χ0n) is 9.81. The van der Waals surface area contributed by atoms with Crippen molar-refractivity contribution in [3.63, 3.8) is 0 Å². The Bertz CT molecular complexity index is 304. The number of thiocarbonyl (C=S) groups is 1. The zero-order valence-corrected chi connectivity index (χ0v) is 11.4. The highest BCUT2D eigenvalue weighted by Gasteiger charge is 2.19. The average molecular weight is 268 g/mol. The van der Waals surface area contributed by atoms with Crippen molar-refractivity contribution in [2.45, 2.75) is 20.3 Å². The van der Waals surface area contributed by atoms with E-state index in [0.717, 1.165) is 0 Å². The van der Waals surface area contributed by atoms with Gasteiger partial charge in [-0.2, -0.15) is 0 Å². The predicted octanol–water partition coefficient (Wildman–Crippen LogP) is 0.351. The molecular weight excluding hydrogens is 248 g/mol. The normalized spacial score (nSPS) is 11.9. The molecule has 0 atom stereocenters. The summed E-state index contributed by atoms with van der Waals surface area (Å²) in [7, 11) is -3.25. The van der Waals surface area contributed by atoms with Crippen molar-refractivity contribution in [2.75, 3.05) is 32.1 Å². The van der Waals surface area contributed by atoms with E-state index in [-0.39, 0.29) is 12.4 Å². The van der Waals surface area contributed by atoms with Crippen LogP contribution < -0.4 is 5.73 Å². The fraction of sp³-hybridized carbons (Fsp3) is 0.889. The first-order valence-corrected chi connectivity index (χ1v) is 7.29. The second kappa shape index (κ2) is 7.94. The van der Waals surface area contributed by atoms with Gasteiger partial charge in [0.1, 0.15) is 0 Å². The molecule has 5 nitrogen and oxygen atoms in total. The van der Waals surface area contributed by atoms with Crippen LogP contribution in [0, 0.1) is 0 Å². The lowest BCUT2D eigenvalue weighted by atomic mass is 10.4. The lowest BCUT2D eigenvalue weighted by molar-refractivity contribution is 0.162. The highest BCUT2D eigenvalue weighted by atomic mass is 32.2. The van der Waals surface area contributed by atoms with Crippen molar-refractivity contribution in [1.29, 1.82) is 0 Å². The quantitative estimate of drug-likeness (QED) is 0.482. The molecule has 0 aromatic rings. The second-order valence-electron chi connectivity index (χ2n) is 3.22. The third-order valence-electron chi connectivity index (χ3n) is 2.04. The standard InChI is InChI=1S/C9H20N2O3S2/c1-3-11(6-5-9(10)15)16(12,13)8-7-14-4-2/h3-8H2,1-2H3,(H2,10,15). The van der Waals surface area contributed by atoms with E-state index in [4.69, 9.17) is 22.7 Å². The largest absolute Gasteiger partial charge is 0.393 e. The minimum absolute atomic E-state index is 0.00597. The van der Waals surface area contributed by atoms with E-state index in [2.05, 4.69) is 0 Å². The van der Waals surface area contributed by atoms with Crippen molar-refractivity contribution in [3.8, 4) is 0 Å². The van der Waals surface area contributed by atoms with E-state index in [1.54, 1.807) is 6.92 Å². The maximum atomic E-state index is 11.8. The molecule has 7 heteroatoms. The van der Waals surface area contributed by atoms with Gasteiger partial charge in [0.2, 0.25) is 10.0 Å². The van der Waals surface area contributed by atoms with Crippen LogP contribution in [-0.4, -0.2) is 49.8 Å². The van der Waals surface area contributed by atoms with Crippen LogP contribution in [0.4, 0.5) is 0 Å². The van der Waals surface area contributed by atoms with Gasteiger partial charge in [-0.1, -0.05) is 19.1 Å². The molecule has 0 bridgehead atoms. The monoisotopic (exact) mass is 268 g/mol. The van der Waals surface area contributed by atoms with Gasteiger partial charge in [-0.05, 0) is 6.92 Å². The van der Waals surface area contributed by atoms with Gasteiger partial charge in [0.25, 0.3) is 0 Å². The van der Waals surface area contributed by atoms with Crippen molar-refractivity contribution >= 4 is 27.2 Å². The van der Waals surface area contributed by atoms with Crippen LogP contribution in [-0.2, 0) is 14.8 Å². The fourth-order valence-electron chi connectivity index (χ4n) is 1.17. The molecule has 0 rings (SSSR count). The van der Waals surface area contributed by atoms with Gasteiger partial charge >= 0.3 is 0 Å². The van der Waals surface area contributed by atoms with Crippen LogP contribution in [0.3, 0.4) is 0 Å². The number of hydrogen-bond acceptors (Lipinski definition) is 4. The fourth-order valence-corrected chi connectivity index (χ4v) is 2.61. The SMILES string of the molecule is CCOCCS(=O)(=O)N(CC)CCC(N)=S. The van der Waals surface area contributed by atoms with Crippen molar-refractivity contribution in [1.82, 2.24) is 4.31 Å². The summed E-state index contributed by atoms with van der Waals surface area (Å²) in [6, 6.07) is 0. The maximum absolute atomic E-state index is 11.8. The molecule has 0 aromatic heterocycles. The zero-order chi connectivity index (χ0) is 12.6. The Morgan fingerprint density at radius 3 is 2.50 bits per heavy atom. The Morgan fingerprint density at radius 1 is 1.44 bits per heavy atom. The van der Waals surface area contributed by atoms with Crippen LogP contribution in [0.5, 0.6) is 0 Å². The summed E-state index contributed by atoms with van der Waals surface area (Å²) in [5, 5.41) is 0. The van der Waals surface area contributed by atoms with Crippen LogP contribution in [0.15, 0.2) is 0 Å². The average Bonchev–Trinajstić information content (AvgIpc) is 2.18. The molecule has 0 saturated heterocycles. The molecule has 0 spiro atoms. The molecule has 0 fully saturated rings. The Hall–Kier alpha value is -0.240. The van der Waals surface area contributed by atoms with Crippen LogP contribution >= 0.6 is 12.2 Å². The van der Waals surface area contributed by atoms with Gasteiger partial charge in [0, 0.05) is 26.1 Å². The number of hydrogen-bond donors (Lipinski definition) is 1. The summed E-state index contributed by atoms with van der Waals surface area (Å²) in [5.41, 5.74) is 5.35. The first-order chi connectivity index (χ1) is 7.44. The molecule has 16 heavy (non-hydrogen) atoms. The first kappa shape index (κ1) is 15.8. The summed E-state index contributed by atoms with van der Waals surface area (Å²) in [4.78, 5) is 0.332. The predicted molar refractivity (Wildman–Crippen MR) is 68.9 cm³/mol. The Morgan fingerprint density at radius 2 is 2.06 bits per heavy atom. The highest BCUT2D eigenvalue weighted by molar-refractivity contribution is 7.89. The molecule has 0 aliphatic rings.